The van der Waals surface area contributed by atoms with Crippen molar-refractivity contribution in [3.05, 3.63) is 48.5 Å². The van der Waals surface area contributed by atoms with E-state index in [2.05, 4.69) is 55.0 Å². The molecule has 0 bridgehead atoms. The molecule has 2 aromatic rings. The van der Waals surface area contributed by atoms with E-state index in [4.69, 9.17) is 0 Å². The van der Waals surface area contributed by atoms with E-state index in [0.29, 0.717) is 0 Å². The lowest BCUT2D eigenvalue weighted by atomic mass is 10.1. The summed E-state index contributed by atoms with van der Waals surface area (Å²) in [7, 11) is 0. The first-order valence-corrected chi connectivity index (χ1v) is 5.60. The summed E-state index contributed by atoms with van der Waals surface area (Å²) in [5.41, 5.74) is 3.48. The molecule has 0 aliphatic heterocycles. The van der Waals surface area contributed by atoms with E-state index in [1.165, 1.54) is 18.3 Å². The molecule has 0 amide bonds. The van der Waals surface area contributed by atoms with E-state index in [1.54, 1.807) is 0 Å². The Morgan fingerprint density at radius 3 is 1.88 bits per heavy atom. The molecule has 84 valence electrons. The van der Waals surface area contributed by atoms with Gasteiger partial charge in [0, 0.05) is 18.0 Å². The van der Waals surface area contributed by atoms with Gasteiger partial charge in [0.1, 0.15) is 6.33 Å². The maximum absolute atomic E-state index is 3.97. The van der Waals surface area contributed by atoms with Crippen LogP contribution in [0.25, 0.3) is 11.1 Å². The Morgan fingerprint density at radius 1 is 0.875 bits per heavy atom. The van der Waals surface area contributed by atoms with Crippen molar-refractivity contribution in [1.29, 1.82) is 0 Å². The Bertz CT molecular complexity index is 393. The number of rotatable bonds is 1. The highest BCUT2D eigenvalue weighted by atomic mass is 14.8. The molecule has 0 saturated carbocycles. The lowest BCUT2D eigenvalue weighted by Gasteiger charge is -1.99. The Morgan fingerprint density at radius 2 is 1.38 bits per heavy atom. The van der Waals surface area contributed by atoms with Crippen molar-refractivity contribution in [2.75, 3.05) is 0 Å². The maximum Gasteiger partial charge on any atom is 0.115 e. The summed E-state index contributed by atoms with van der Waals surface area (Å²) < 4.78 is 0. The molecule has 2 nitrogen and oxygen atoms in total. The molecule has 16 heavy (non-hydrogen) atoms. The van der Waals surface area contributed by atoms with Gasteiger partial charge in [0.15, 0.2) is 0 Å². The fraction of sp³-hybridized carbons (Fsp3) is 0.286. The van der Waals surface area contributed by atoms with Crippen LogP contribution in [0.5, 0.6) is 0 Å². The van der Waals surface area contributed by atoms with Gasteiger partial charge in [0.05, 0.1) is 0 Å². The zero-order chi connectivity index (χ0) is 11.8. The summed E-state index contributed by atoms with van der Waals surface area (Å²) in [5, 5.41) is 0. The first-order chi connectivity index (χ1) is 7.77. The first-order valence-electron chi connectivity index (χ1n) is 5.60. The highest BCUT2D eigenvalue weighted by Crippen LogP contribution is 2.16. The van der Waals surface area contributed by atoms with Gasteiger partial charge in [0.25, 0.3) is 0 Å². The monoisotopic (exact) mass is 214 g/mol. The van der Waals surface area contributed by atoms with Crippen LogP contribution in [0.3, 0.4) is 0 Å². The first kappa shape index (κ1) is 12.4. The molecule has 0 N–H and O–H groups in total. The Labute approximate surface area is 97.4 Å². The van der Waals surface area contributed by atoms with Crippen LogP contribution in [-0.4, -0.2) is 9.97 Å². The molecule has 0 radical (unpaired) electrons. The van der Waals surface area contributed by atoms with E-state index in [0.717, 1.165) is 11.1 Å². The maximum atomic E-state index is 3.97. The predicted octanol–water partition coefficient (Wildman–Crippen LogP) is 3.87. The molecular formula is C14H18N2. The van der Waals surface area contributed by atoms with Gasteiger partial charge in [0.2, 0.25) is 0 Å². The summed E-state index contributed by atoms with van der Waals surface area (Å²) in [5.74, 6) is 0. The number of aryl methyl sites for hydroxylation is 1. The van der Waals surface area contributed by atoms with Crippen molar-refractivity contribution >= 4 is 0 Å². The molecule has 2 rings (SSSR count). The third kappa shape index (κ3) is 3.81. The number of hydrogen-bond acceptors (Lipinski definition) is 2. The number of nitrogens with zero attached hydrogens (tertiary/aromatic N) is 2. The average molecular weight is 214 g/mol. The topological polar surface area (TPSA) is 25.8 Å². The van der Waals surface area contributed by atoms with Crippen LogP contribution in [0.1, 0.15) is 25.8 Å². The molecule has 1 aromatic heterocycles. The van der Waals surface area contributed by atoms with Crippen LogP contribution in [0.15, 0.2) is 43.0 Å². The highest BCUT2D eigenvalue weighted by molar-refractivity contribution is 5.61. The van der Waals surface area contributed by atoms with Crippen LogP contribution in [0, 0.1) is 6.92 Å². The van der Waals surface area contributed by atoms with Gasteiger partial charge in [-0.1, -0.05) is 50.1 Å². The number of hydrogen-bond donors (Lipinski definition) is 0. The molecule has 0 atom stereocenters. The lowest BCUT2D eigenvalue weighted by Crippen LogP contribution is -1.81. The average Bonchev–Trinajstić information content (AvgIpc) is 2.32. The molecule has 0 unspecified atom stereocenters. The Balaban J connectivity index is 0.000000386. The zero-order valence-corrected chi connectivity index (χ0v) is 10.1. The zero-order valence-electron chi connectivity index (χ0n) is 10.1. The minimum atomic E-state index is 1.06. The third-order valence-corrected chi connectivity index (χ3v) is 1.95. The van der Waals surface area contributed by atoms with Crippen molar-refractivity contribution in [2.24, 2.45) is 0 Å². The van der Waals surface area contributed by atoms with Crippen molar-refractivity contribution < 1.29 is 0 Å². The summed E-state index contributed by atoms with van der Waals surface area (Å²) in [6.07, 6.45) is 6.42. The fourth-order valence-electron chi connectivity index (χ4n) is 1.19. The van der Waals surface area contributed by atoms with Crippen molar-refractivity contribution in [3.8, 4) is 11.1 Å². The molecule has 1 aromatic carbocycles. The SMILES string of the molecule is CCC.Cc1ccc(-c2cncnc2)cc1. The smallest absolute Gasteiger partial charge is 0.115 e. The summed E-state index contributed by atoms with van der Waals surface area (Å²) in [6, 6.07) is 8.33. The largest absolute Gasteiger partial charge is 0.244 e. The summed E-state index contributed by atoms with van der Waals surface area (Å²) in [4.78, 5) is 7.94. The van der Waals surface area contributed by atoms with E-state index < -0.39 is 0 Å². The molecular weight excluding hydrogens is 196 g/mol. The van der Waals surface area contributed by atoms with E-state index in [-0.39, 0.29) is 0 Å². The Hall–Kier alpha value is -1.70. The second-order valence-electron chi connectivity index (χ2n) is 3.70. The molecule has 0 saturated heterocycles. The number of aromatic nitrogens is 2. The molecule has 0 spiro atoms. The minimum absolute atomic E-state index is 1.06. The minimum Gasteiger partial charge on any atom is -0.244 e. The van der Waals surface area contributed by atoms with Crippen LogP contribution in [0.2, 0.25) is 0 Å². The van der Waals surface area contributed by atoms with Crippen LogP contribution < -0.4 is 0 Å². The predicted molar refractivity (Wildman–Crippen MR) is 68.2 cm³/mol. The van der Waals surface area contributed by atoms with Gasteiger partial charge in [-0.15, -0.1) is 0 Å². The third-order valence-electron chi connectivity index (χ3n) is 1.95. The second-order valence-corrected chi connectivity index (χ2v) is 3.70. The van der Waals surface area contributed by atoms with E-state index in [1.807, 2.05) is 12.4 Å². The quantitative estimate of drug-likeness (QED) is 0.720. The van der Waals surface area contributed by atoms with Crippen molar-refractivity contribution in [2.45, 2.75) is 27.2 Å². The summed E-state index contributed by atoms with van der Waals surface area (Å²) >= 11 is 0. The van der Waals surface area contributed by atoms with Gasteiger partial charge in [-0.3, -0.25) is 0 Å². The lowest BCUT2D eigenvalue weighted by molar-refractivity contribution is 1.09. The molecule has 2 heteroatoms. The van der Waals surface area contributed by atoms with Gasteiger partial charge in [-0.2, -0.15) is 0 Å². The van der Waals surface area contributed by atoms with E-state index >= 15 is 0 Å². The van der Waals surface area contributed by atoms with Crippen LogP contribution in [-0.2, 0) is 0 Å². The highest BCUT2D eigenvalue weighted by Gasteiger charge is 1.95. The van der Waals surface area contributed by atoms with Crippen molar-refractivity contribution in [1.82, 2.24) is 9.97 Å². The number of benzene rings is 1. The fourth-order valence-corrected chi connectivity index (χ4v) is 1.19. The van der Waals surface area contributed by atoms with Gasteiger partial charge in [-0.05, 0) is 12.5 Å². The van der Waals surface area contributed by atoms with Crippen molar-refractivity contribution in [3.63, 3.8) is 0 Å². The molecule has 0 aliphatic rings. The van der Waals surface area contributed by atoms with Gasteiger partial charge >= 0.3 is 0 Å². The normalized spacial score (nSPS) is 9.19. The van der Waals surface area contributed by atoms with Gasteiger partial charge in [-0.25, -0.2) is 9.97 Å². The molecule has 0 aliphatic carbocycles. The standard InChI is InChI=1S/C11H10N2.C3H8/c1-9-2-4-10(5-3-9)11-6-12-8-13-7-11;1-3-2/h2-8H,1H3;3H2,1-2H3. The van der Waals surface area contributed by atoms with Crippen LogP contribution >= 0.6 is 0 Å². The van der Waals surface area contributed by atoms with E-state index in [9.17, 15) is 0 Å². The summed E-state index contributed by atoms with van der Waals surface area (Å²) in [6.45, 7) is 6.32. The second kappa shape index (κ2) is 6.72. The molecule has 1 heterocycles. The van der Waals surface area contributed by atoms with Crippen LogP contribution in [0.4, 0.5) is 0 Å². The van der Waals surface area contributed by atoms with Gasteiger partial charge < -0.3 is 0 Å². The Kier molecular flexibility index (Phi) is 5.20. The molecule has 0 fully saturated rings.